The van der Waals surface area contributed by atoms with E-state index in [4.69, 9.17) is 4.42 Å². The van der Waals surface area contributed by atoms with E-state index in [0.717, 1.165) is 16.7 Å². The number of halogens is 1. The fourth-order valence-electron chi connectivity index (χ4n) is 2.58. The van der Waals surface area contributed by atoms with Crippen LogP contribution in [0.1, 0.15) is 28.6 Å². The van der Waals surface area contributed by atoms with Gasteiger partial charge in [-0.05, 0) is 42.7 Å². The highest BCUT2D eigenvalue weighted by molar-refractivity contribution is 5.78. The first-order valence-electron chi connectivity index (χ1n) is 6.50. The first kappa shape index (κ1) is 12.9. The zero-order valence-corrected chi connectivity index (χ0v) is 11.4. The van der Waals surface area contributed by atoms with Gasteiger partial charge in [-0.25, -0.2) is 4.39 Å². The maximum Gasteiger partial charge on any atom is 0.170 e. The van der Waals surface area contributed by atoms with E-state index in [9.17, 15) is 9.50 Å². The molecular formula is C17H15FO2. The van der Waals surface area contributed by atoms with E-state index in [-0.39, 0.29) is 5.58 Å². The van der Waals surface area contributed by atoms with Crippen LogP contribution in [0.4, 0.5) is 4.39 Å². The summed E-state index contributed by atoms with van der Waals surface area (Å²) >= 11 is 0. The molecule has 0 aliphatic rings. The zero-order valence-electron chi connectivity index (χ0n) is 11.4. The minimum Gasteiger partial charge on any atom is -0.455 e. The molecule has 1 aromatic heterocycles. The Hall–Kier alpha value is -2.13. The van der Waals surface area contributed by atoms with Crippen LogP contribution < -0.4 is 0 Å². The second-order valence-corrected chi connectivity index (χ2v) is 5.01. The van der Waals surface area contributed by atoms with Gasteiger partial charge in [0.25, 0.3) is 0 Å². The third-order valence-corrected chi connectivity index (χ3v) is 3.60. The maximum absolute atomic E-state index is 13.6. The van der Waals surface area contributed by atoms with Crippen LogP contribution in [0.2, 0.25) is 0 Å². The Morgan fingerprint density at radius 3 is 2.35 bits per heavy atom. The first-order valence-corrected chi connectivity index (χ1v) is 6.50. The Morgan fingerprint density at radius 1 is 1.05 bits per heavy atom. The molecule has 1 atom stereocenters. The number of rotatable bonds is 2. The van der Waals surface area contributed by atoms with Crippen LogP contribution in [-0.4, -0.2) is 5.11 Å². The van der Waals surface area contributed by atoms with Gasteiger partial charge in [0.2, 0.25) is 0 Å². The molecule has 3 heteroatoms. The lowest BCUT2D eigenvalue weighted by atomic mass is 9.96. The molecule has 0 fully saturated rings. The van der Waals surface area contributed by atoms with E-state index >= 15 is 0 Å². The quantitative estimate of drug-likeness (QED) is 0.754. The molecule has 2 aromatic carbocycles. The zero-order chi connectivity index (χ0) is 14.3. The molecule has 1 N–H and O–H groups in total. The van der Waals surface area contributed by atoms with Crippen LogP contribution in [0, 0.1) is 19.7 Å². The van der Waals surface area contributed by atoms with E-state index in [2.05, 4.69) is 0 Å². The Bertz CT molecular complexity index is 754. The summed E-state index contributed by atoms with van der Waals surface area (Å²) in [6, 6.07) is 12.3. The molecule has 2 nitrogen and oxygen atoms in total. The van der Waals surface area contributed by atoms with Gasteiger partial charge in [0.15, 0.2) is 11.4 Å². The van der Waals surface area contributed by atoms with Crippen LogP contribution in [-0.2, 0) is 0 Å². The molecule has 0 amide bonds. The number of para-hydroxylation sites is 1. The van der Waals surface area contributed by atoms with Crippen molar-refractivity contribution in [1.29, 1.82) is 0 Å². The molecule has 0 saturated heterocycles. The second kappa shape index (κ2) is 4.76. The van der Waals surface area contributed by atoms with Gasteiger partial charge in [-0.1, -0.05) is 30.3 Å². The average molecular weight is 270 g/mol. The molecule has 0 aliphatic carbocycles. The lowest BCUT2D eigenvalue weighted by Gasteiger charge is -2.14. The van der Waals surface area contributed by atoms with Gasteiger partial charge in [-0.2, -0.15) is 0 Å². The highest BCUT2D eigenvalue weighted by Gasteiger charge is 2.20. The van der Waals surface area contributed by atoms with Gasteiger partial charge >= 0.3 is 0 Å². The Kier molecular flexibility index (Phi) is 3.07. The summed E-state index contributed by atoms with van der Waals surface area (Å²) in [7, 11) is 0. The lowest BCUT2D eigenvalue weighted by Crippen LogP contribution is -2.03. The van der Waals surface area contributed by atoms with Crippen LogP contribution in [0.25, 0.3) is 11.0 Å². The van der Waals surface area contributed by atoms with Gasteiger partial charge in [-0.15, -0.1) is 0 Å². The molecule has 0 saturated carbocycles. The summed E-state index contributed by atoms with van der Waals surface area (Å²) in [4.78, 5) is 0. The Labute approximate surface area is 116 Å². The van der Waals surface area contributed by atoms with E-state index in [0.29, 0.717) is 11.1 Å². The largest absolute Gasteiger partial charge is 0.455 e. The Balaban J connectivity index is 2.13. The fourth-order valence-corrected chi connectivity index (χ4v) is 2.58. The monoisotopic (exact) mass is 270 g/mol. The van der Waals surface area contributed by atoms with E-state index in [1.807, 2.05) is 32.0 Å². The summed E-state index contributed by atoms with van der Waals surface area (Å²) in [6.45, 7) is 3.88. The number of aliphatic hydroxyl groups excluding tert-OH is 1. The Morgan fingerprint density at radius 2 is 1.70 bits per heavy atom. The van der Waals surface area contributed by atoms with Crippen LogP contribution >= 0.6 is 0 Å². The van der Waals surface area contributed by atoms with Crippen molar-refractivity contribution in [3.8, 4) is 0 Å². The molecule has 3 rings (SSSR count). The highest BCUT2D eigenvalue weighted by Crippen LogP contribution is 2.32. The number of aliphatic hydroxyl groups is 1. The first-order chi connectivity index (χ1) is 9.58. The van der Waals surface area contributed by atoms with Gasteiger partial charge in [0.1, 0.15) is 11.9 Å². The molecule has 0 spiro atoms. The minimum atomic E-state index is -0.886. The lowest BCUT2D eigenvalue weighted by molar-refractivity contribution is 0.190. The third kappa shape index (κ3) is 2.00. The van der Waals surface area contributed by atoms with Crippen molar-refractivity contribution < 1.29 is 13.9 Å². The molecule has 1 heterocycles. The van der Waals surface area contributed by atoms with Gasteiger partial charge in [0, 0.05) is 5.39 Å². The SMILES string of the molecule is Cc1cccc(C)c1C(O)c1cc2cccc(F)c2o1. The summed E-state index contributed by atoms with van der Waals surface area (Å²) in [5, 5.41) is 11.2. The molecule has 1 unspecified atom stereocenters. The predicted molar refractivity (Wildman–Crippen MR) is 76.1 cm³/mol. The number of fused-ring (bicyclic) bond motifs is 1. The molecule has 3 aromatic rings. The number of furan rings is 1. The molecule has 0 aliphatic heterocycles. The highest BCUT2D eigenvalue weighted by atomic mass is 19.1. The summed E-state index contributed by atoms with van der Waals surface area (Å²) in [5.74, 6) is -0.0510. The van der Waals surface area contributed by atoms with Gasteiger partial charge in [-0.3, -0.25) is 0 Å². The normalized spacial score (nSPS) is 12.8. The second-order valence-electron chi connectivity index (χ2n) is 5.01. The average Bonchev–Trinajstić information content (AvgIpc) is 2.84. The van der Waals surface area contributed by atoms with E-state index in [1.165, 1.54) is 6.07 Å². The number of aryl methyl sites for hydroxylation is 2. The predicted octanol–water partition coefficient (Wildman–Crippen LogP) is 4.27. The topological polar surface area (TPSA) is 33.4 Å². The number of hydrogen-bond donors (Lipinski definition) is 1. The van der Waals surface area contributed by atoms with Crippen molar-refractivity contribution in [3.05, 3.63) is 70.7 Å². The smallest absolute Gasteiger partial charge is 0.170 e. The van der Waals surface area contributed by atoms with Crippen molar-refractivity contribution in [2.75, 3.05) is 0 Å². The number of hydrogen-bond acceptors (Lipinski definition) is 2. The van der Waals surface area contributed by atoms with Crippen molar-refractivity contribution in [1.82, 2.24) is 0 Å². The van der Waals surface area contributed by atoms with Crippen LogP contribution in [0.3, 0.4) is 0 Å². The van der Waals surface area contributed by atoms with E-state index in [1.54, 1.807) is 18.2 Å². The van der Waals surface area contributed by atoms with Crippen molar-refractivity contribution in [2.45, 2.75) is 20.0 Å². The van der Waals surface area contributed by atoms with Crippen molar-refractivity contribution in [3.63, 3.8) is 0 Å². The molecule has 0 bridgehead atoms. The van der Waals surface area contributed by atoms with Crippen LogP contribution in [0.5, 0.6) is 0 Å². The van der Waals surface area contributed by atoms with E-state index < -0.39 is 11.9 Å². The molecule has 20 heavy (non-hydrogen) atoms. The summed E-state index contributed by atoms with van der Waals surface area (Å²) in [6.07, 6.45) is -0.886. The summed E-state index contributed by atoms with van der Waals surface area (Å²) < 4.78 is 19.1. The van der Waals surface area contributed by atoms with Crippen LogP contribution in [0.15, 0.2) is 46.9 Å². The minimum absolute atomic E-state index is 0.188. The van der Waals surface area contributed by atoms with Crippen molar-refractivity contribution >= 4 is 11.0 Å². The number of benzene rings is 2. The standard InChI is InChI=1S/C17H15FO2/c1-10-5-3-6-11(2)15(10)16(19)14-9-12-7-4-8-13(18)17(12)20-14/h3-9,16,19H,1-2H3. The molecular weight excluding hydrogens is 255 g/mol. The van der Waals surface area contributed by atoms with Gasteiger partial charge in [0.05, 0.1) is 0 Å². The van der Waals surface area contributed by atoms with Gasteiger partial charge < -0.3 is 9.52 Å². The van der Waals surface area contributed by atoms with Crippen molar-refractivity contribution in [2.24, 2.45) is 0 Å². The molecule has 102 valence electrons. The summed E-state index contributed by atoms with van der Waals surface area (Å²) in [5.41, 5.74) is 2.97. The fraction of sp³-hybridized carbons (Fsp3) is 0.176. The maximum atomic E-state index is 13.6. The third-order valence-electron chi connectivity index (χ3n) is 3.60. The molecule has 0 radical (unpaired) electrons.